The largest absolute Gasteiger partial charge is 0.416 e. The Labute approximate surface area is 141 Å². The fraction of sp³-hybridized carbons (Fsp3) is 0.467. The molecule has 0 spiro atoms. The normalized spacial score (nSPS) is 16.1. The van der Waals surface area contributed by atoms with Gasteiger partial charge >= 0.3 is 12.4 Å². The molecular weight excluding hydrogens is 360 g/mol. The van der Waals surface area contributed by atoms with Crippen molar-refractivity contribution < 1.29 is 31.1 Å². The van der Waals surface area contributed by atoms with Gasteiger partial charge in [-0.15, -0.1) is 12.4 Å². The zero-order chi connectivity index (χ0) is 17.1. The molecule has 2 nitrogen and oxygen atoms in total. The van der Waals surface area contributed by atoms with Crippen molar-refractivity contribution in [3.05, 3.63) is 34.9 Å². The molecule has 0 atom stereocenters. The van der Waals surface area contributed by atoms with Crippen molar-refractivity contribution in [3.8, 4) is 11.8 Å². The van der Waals surface area contributed by atoms with Gasteiger partial charge in [0.1, 0.15) is 0 Å². The number of halogens is 7. The third-order valence-corrected chi connectivity index (χ3v) is 3.23. The minimum absolute atomic E-state index is 0. The number of benzene rings is 1. The van der Waals surface area contributed by atoms with Gasteiger partial charge in [0.25, 0.3) is 0 Å². The van der Waals surface area contributed by atoms with Crippen LogP contribution in [-0.2, 0) is 17.1 Å². The predicted octanol–water partition coefficient (Wildman–Crippen LogP) is 3.83. The summed E-state index contributed by atoms with van der Waals surface area (Å²) in [7, 11) is 0. The third kappa shape index (κ3) is 5.89. The highest BCUT2D eigenvalue weighted by molar-refractivity contribution is 5.85. The summed E-state index contributed by atoms with van der Waals surface area (Å²) in [6.07, 6.45) is -9.72. The maximum absolute atomic E-state index is 12.7. The van der Waals surface area contributed by atoms with E-state index in [1.807, 2.05) is 4.90 Å². The van der Waals surface area contributed by atoms with Gasteiger partial charge in [0.15, 0.2) is 0 Å². The van der Waals surface area contributed by atoms with Gasteiger partial charge in [-0.1, -0.05) is 11.8 Å². The smallest absolute Gasteiger partial charge is 0.379 e. The van der Waals surface area contributed by atoms with E-state index in [1.54, 1.807) is 0 Å². The van der Waals surface area contributed by atoms with Crippen molar-refractivity contribution in [3.63, 3.8) is 0 Å². The molecule has 0 amide bonds. The van der Waals surface area contributed by atoms with E-state index in [2.05, 4.69) is 11.8 Å². The van der Waals surface area contributed by atoms with Crippen LogP contribution >= 0.6 is 12.4 Å². The van der Waals surface area contributed by atoms with Crippen molar-refractivity contribution in [2.24, 2.45) is 0 Å². The number of nitrogens with zero attached hydrogens (tertiary/aromatic N) is 1. The highest BCUT2D eigenvalue weighted by Crippen LogP contribution is 2.36. The summed E-state index contributed by atoms with van der Waals surface area (Å²) < 4.78 is 81.4. The molecule has 1 aromatic carbocycles. The van der Waals surface area contributed by atoms with E-state index in [4.69, 9.17) is 4.74 Å². The van der Waals surface area contributed by atoms with Crippen molar-refractivity contribution in [2.75, 3.05) is 32.8 Å². The van der Waals surface area contributed by atoms with Gasteiger partial charge in [-0.3, -0.25) is 4.90 Å². The molecule has 24 heavy (non-hydrogen) atoms. The lowest BCUT2D eigenvalue weighted by Crippen LogP contribution is -2.36. The zero-order valence-corrected chi connectivity index (χ0v) is 13.1. The highest BCUT2D eigenvalue weighted by Gasteiger charge is 2.36. The molecule has 0 saturated carbocycles. The minimum Gasteiger partial charge on any atom is -0.379 e. The van der Waals surface area contributed by atoms with Crippen LogP contribution in [-0.4, -0.2) is 37.7 Å². The number of ether oxygens (including phenoxy) is 1. The maximum atomic E-state index is 12.7. The Kier molecular flexibility index (Phi) is 6.96. The van der Waals surface area contributed by atoms with Crippen molar-refractivity contribution in [1.29, 1.82) is 0 Å². The molecule has 1 aromatic rings. The summed E-state index contributed by atoms with van der Waals surface area (Å²) >= 11 is 0. The molecule has 1 heterocycles. The van der Waals surface area contributed by atoms with Crippen molar-refractivity contribution in [1.82, 2.24) is 4.90 Å². The van der Waals surface area contributed by atoms with Gasteiger partial charge in [-0.05, 0) is 18.2 Å². The van der Waals surface area contributed by atoms with Crippen molar-refractivity contribution in [2.45, 2.75) is 12.4 Å². The lowest BCUT2D eigenvalue weighted by Gasteiger charge is -2.24. The molecule has 2 rings (SSSR count). The number of hydrogen-bond donors (Lipinski definition) is 0. The van der Waals surface area contributed by atoms with Gasteiger partial charge in [0, 0.05) is 18.7 Å². The van der Waals surface area contributed by atoms with E-state index in [9.17, 15) is 26.3 Å². The van der Waals surface area contributed by atoms with Crippen LogP contribution in [0.3, 0.4) is 0 Å². The molecule has 0 N–H and O–H groups in total. The standard InChI is InChI=1S/C15H13F6NO.ClH/c16-14(17,18)12-8-11(9-13(10-12)15(19,20)21)2-1-3-22-4-6-23-7-5-22;/h8-10H,3-7H2;1H. The first-order valence-electron chi connectivity index (χ1n) is 6.75. The first-order valence-corrected chi connectivity index (χ1v) is 6.75. The van der Waals surface area contributed by atoms with E-state index >= 15 is 0 Å². The molecule has 0 unspecified atom stereocenters. The van der Waals surface area contributed by atoms with Crippen LogP contribution < -0.4 is 0 Å². The van der Waals surface area contributed by atoms with Gasteiger partial charge in [0.05, 0.1) is 30.9 Å². The SMILES string of the molecule is Cl.FC(F)(F)c1cc(C#CCN2CCOCC2)cc(C(F)(F)F)c1. The molecule has 9 heteroatoms. The summed E-state index contributed by atoms with van der Waals surface area (Å²) in [5.74, 6) is 5.00. The Morgan fingerprint density at radius 1 is 0.917 bits per heavy atom. The Morgan fingerprint density at radius 3 is 1.88 bits per heavy atom. The van der Waals surface area contributed by atoms with E-state index in [0.29, 0.717) is 38.4 Å². The number of rotatable bonds is 1. The van der Waals surface area contributed by atoms with Crippen LogP contribution in [0.4, 0.5) is 26.3 Å². The first-order chi connectivity index (χ1) is 10.7. The molecule has 1 saturated heterocycles. The summed E-state index contributed by atoms with van der Waals surface area (Å²) in [4.78, 5) is 1.91. The lowest BCUT2D eigenvalue weighted by molar-refractivity contribution is -0.143. The lowest BCUT2D eigenvalue weighted by atomic mass is 10.0. The van der Waals surface area contributed by atoms with E-state index in [0.717, 1.165) is 0 Å². The zero-order valence-electron chi connectivity index (χ0n) is 12.3. The third-order valence-electron chi connectivity index (χ3n) is 3.23. The van der Waals surface area contributed by atoms with Crippen LogP contribution in [0.5, 0.6) is 0 Å². The minimum atomic E-state index is -4.86. The predicted molar refractivity (Wildman–Crippen MR) is 77.8 cm³/mol. The average Bonchev–Trinajstić information content (AvgIpc) is 2.46. The molecule has 1 aliphatic rings. The highest BCUT2D eigenvalue weighted by atomic mass is 35.5. The van der Waals surface area contributed by atoms with E-state index in [1.165, 1.54) is 0 Å². The van der Waals surface area contributed by atoms with Crippen LogP contribution in [0.2, 0.25) is 0 Å². The van der Waals surface area contributed by atoms with Crippen LogP contribution in [0.15, 0.2) is 18.2 Å². The Hall–Kier alpha value is -1.43. The van der Waals surface area contributed by atoms with Crippen LogP contribution in [0, 0.1) is 11.8 Å². The molecule has 0 radical (unpaired) electrons. The van der Waals surface area contributed by atoms with Gasteiger partial charge in [-0.2, -0.15) is 26.3 Å². The summed E-state index contributed by atoms with van der Waals surface area (Å²) in [6.45, 7) is 2.59. The number of morpholine rings is 1. The second-order valence-corrected chi connectivity index (χ2v) is 4.98. The second-order valence-electron chi connectivity index (χ2n) is 4.98. The second kappa shape index (κ2) is 8.10. The Morgan fingerprint density at radius 2 is 1.42 bits per heavy atom. The van der Waals surface area contributed by atoms with E-state index < -0.39 is 23.5 Å². The molecule has 1 fully saturated rings. The molecule has 0 aliphatic carbocycles. The number of alkyl halides is 6. The average molecular weight is 374 g/mol. The molecule has 0 aromatic heterocycles. The Balaban J connectivity index is 0.00000288. The first kappa shape index (κ1) is 20.6. The van der Waals surface area contributed by atoms with Crippen LogP contribution in [0.1, 0.15) is 16.7 Å². The fourth-order valence-corrected chi connectivity index (χ4v) is 2.04. The molecule has 0 bridgehead atoms. The maximum Gasteiger partial charge on any atom is 0.416 e. The van der Waals surface area contributed by atoms with Gasteiger partial charge in [0.2, 0.25) is 0 Å². The quantitative estimate of drug-likeness (QED) is 0.548. The van der Waals surface area contributed by atoms with Gasteiger partial charge < -0.3 is 4.74 Å². The molecule has 134 valence electrons. The molecular formula is C15H14ClF6NO. The monoisotopic (exact) mass is 373 g/mol. The Bertz CT molecular complexity index is 579. The summed E-state index contributed by atoms with van der Waals surface area (Å²) in [6, 6.07) is 1.34. The summed E-state index contributed by atoms with van der Waals surface area (Å²) in [5, 5.41) is 0. The number of hydrogen-bond acceptors (Lipinski definition) is 2. The van der Waals surface area contributed by atoms with Crippen LogP contribution in [0.25, 0.3) is 0 Å². The van der Waals surface area contributed by atoms with Gasteiger partial charge in [-0.25, -0.2) is 0 Å². The van der Waals surface area contributed by atoms with E-state index in [-0.39, 0.29) is 30.6 Å². The fourth-order valence-electron chi connectivity index (χ4n) is 2.04. The molecule has 1 aliphatic heterocycles. The van der Waals surface area contributed by atoms with Crippen molar-refractivity contribution >= 4 is 12.4 Å². The summed E-state index contributed by atoms with van der Waals surface area (Å²) in [5.41, 5.74) is -3.02. The topological polar surface area (TPSA) is 12.5 Å².